The van der Waals surface area contributed by atoms with Crippen LogP contribution < -0.4 is 19.6 Å². The second-order valence-corrected chi connectivity index (χ2v) is 14.4. The second kappa shape index (κ2) is 13.8. The number of rotatable bonds is 13. The van der Waals surface area contributed by atoms with Gasteiger partial charge in [0.2, 0.25) is 15.4 Å². The van der Waals surface area contributed by atoms with E-state index in [-0.39, 0.29) is 17.0 Å². The highest BCUT2D eigenvalue weighted by Gasteiger charge is 2.25. The molecule has 0 fully saturated rings. The average Bonchev–Trinajstić information content (AvgIpc) is 2.98. The maximum atomic E-state index is 13.0. The van der Waals surface area contributed by atoms with Crippen LogP contribution in [0.3, 0.4) is 0 Å². The standard InChI is InChI=1S/C31H39N3O6S3/c1-6-33(7-2)22-11-14-25-28(19-22)40-29-20-23(34(8-3)9-4)12-15-26(29)31(25)27-16-13-24(21-30(27)43(37,38)39)42(35,36)32-17-18-41-10-5/h11-16,19-21,32H,6-10,17-18H2,1-5H3. The van der Waals surface area contributed by atoms with Gasteiger partial charge in [0.05, 0.1) is 15.9 Å². The molecule has 1 aliphatic carbocycles. The zero-order valence-electron chi connectivity index (χ0n) is 25.2. The Hall–Kier alpha value is -2.90. The SMILES string of the molecule is CCSCCNS(=O)(=O)c1ccc(-c2c3ccc(=[N+](CC)CC)cc-3oc3cc(N(CC)CC)ccc23)c(S(=O)(=O)[O-])c1. The largest absolute Gasteiger partial charge is 0.744 e. The number of sulfonamides is 1. The molecule has 0 bridgehead atoms. The maximum Gasteiger partial charge on any atom is 0.240 e. The summed E-state index contributed by atoms with van der Waals surface area (Å²) < 4.78 is 75.3. The van der Waals surface area contributed by atoms with Crippen molar-refractivity contribution in [2.24, 2.45) is 0 Å². The molecule has 1 heterocycles. The van der Waals surface area contributed by atoms with Crippen LogP contribution in [0.2, 0.25) is 0 Å². The molecule has 0 saturated heterocycles. The van der Waals surface area contributed by atoms with Gasteiger partial charge in [0, 0.05) is 65.3 Å². The number of hydrogen-bond donors (Lipinski definition) is 1. The molecule has 2 aromatic carbocycles. The third-order valence-corrected chi connectivity index (χ3v) is 10.7. The smallest absolute Gasteiger partial charge is 0.240 e. The Balaban J connectivity index is 2.05. The highest BCUT2D eigenvalue weighted by molar-refractivity contribution is 7.99. The second-order valence-electron chi connectivity index (χ2n) is 9.89. The molecule has 2 aromatic rings. The van der Waals surface area contributed by atoms with Crippen molar-refractivity contribution in [1.29, 1.82) is 0 Å². The lowest BCUT2D eigenvalue weighted by Gasteiger charge is -2.23. The van der Waals surface area contributed by atoms with Gasteiger partial charge in [0.25, 0.3) is 0 Å². The summed E-state index contributed by atoms with van der Waals surface area (Å²) in [6.45, 7) is 13.5. The van der Waals surface area contributed by atoms with E-state index in [0.717, 1.165) is 49.0 Å². The zero-order chi connectivity index (χ0) is 31.4. The molecule has 0 atom stereocenters. The van der Waals surface area contributed by atoms with Crippen LogP contribution in [0.25, 0.3) is 33.4 Å². The van der Waals surface area contributed by atoms with Gasteiger partial charge < -0.3 is 13.9 Å². The van der Waals surface area contributed by atoms with Crippen LogP contribution in [-0.4, -0.2) is 65.6 Å². The minimum absolute atomic E-state index is 0.118. The summed E-state index contributed by atoms with van der Waals surface area (Å²) in [6, 6.07) is 15.1. The summed E-state index contributed by atoms with van der Waals surface area (Å²) in [7, 11) is -9.13. The number of thioether (sulfide) groups is 1. The molecule has 9 nitrogen and oxygen atoms in total. The molecule has 43 heavy (non-hydrogen) atoms. The van der Waals surface area contributed by atoms with Crippen LogP contribution in [0.1, 0.15) is 34.6 Å². The maximum absolute atomic E-state index is 13.0. The minimum Gasteiger partial charge on any atom is -0.744 e. The molecule has 0 unspecified atom stereocenters. The lowest BCUT2D eigenvalue weighted by Crippen LogP contribution is -2.29. The van der Waals surface area contributed by atoms with Crippen molar-refractivity contribution in [3.8, 4) is 22.5 Å². The topological polar surface area (TPSA) is 123 Å². The number of nitrogens with one attached hydrogen (secondary N) is 1. The summed E-state index contributed by atoms with van der Waals surface area (Å²) in [5.74, 6) is 1.93. The molecule has 0 spiro atoms. The Morgan fingerprint density at radius 2 is 1.58 bits per heavy atom. The van der Waals surface area contributed by atoms with Gasteiger partial charge in [-0.3, -0.25) is 0 Å². The number of nitrogens with zero attached hydrogens (tertiary/aromatic N) is 2. The first-order valence-electron chi connectivity index (χ1n) is 14.5. The molecule has 0 saturated carbocycles. The molecule has 0 aromatic heterocycles. The van der Waals surface area contributed by atoms with Gasteiger partial charge in [0.15, 0.2) is 0 Å². The minimum atomic E-state index is -5.08. The average molecular weight is 646 g/mol. The van der Waals surface area contributed by atoms with E-state index in [1.165, 1.54) is 12.1 Å². The Kier molecular flexibility index (Phi) is 10.6. The molecule has 1 N–H and O–H groups in total. The third-order valence-electron chi connectivity index (χ3n) is 7.49. The molecule has 0 radical (unpaired) electrons. The van der Waals surface area contributed by atoms with Crippen LogP contribution >= 0.6 is 11.8 Å². The lowest BCUT2D eigenvalue weighted by atomic mass is 9.93. The third kappa shape index (κ3) is 7.09. The van der Waals surface area contributed by atoms with Crippen LogP contribution in [0.4, 0.5) is 5.69 Å². The Morgan fingerprint density at radius 1 is 0.884 bits per heavy atom. The van der Waals surface area contributed by atoms with Crippen LogP contribution in [0.15, 0.2) is 68.8 Å². The molecular formula is C31H39N3O6S3. The van der Waals surface area contributed by atoms with Crippen molar-refractivity contribution in [3.63, 3.8) is 0 Å². The van der Waals surface area contributed by atoms with E-state index >= 15 is 0 Å². The van der Waals surface area contributed by atoms with Crippen LogP contribution in [-0.2, 0) is 20.1 Å². The molecule has 2 aliphatic rings. The quantitative estimate of drug-likeness (QED) is 0.0953. The van der Waals surface area contributed by atoms with Gasteiger partial charge in [-0.05, 0) is 63.8 Å². The number of hydrogen-bond acceptors (Lipinski definition) is 8. The van der Waals surface area contributed by atoms with Crippen molar-refractivity contribution in [2.45, 2.75) is 44.4 Å². The van der Waals surface area contributed by atoms with Crippen LogP contribution in [0.5, 0.6) is 0 Å². The Morgan fingerprint density at radius 3 is 2.21 bits per heavy atom. The summed E-state index contributed by atoms with van der Waals surface area (Å²) in [5.41, 5.74) is 2.67. The Bertz CT molecular complexity index is 1860. The number of fused-ring (bicyclic) bond motifs is 2. The summed E-state index contributed by atoms with van der Waals surface area (Å²) in [4.78, 5) is 1.28. The molecular weight excluding hydrogens is 607 g/mol. The van der Waals surface area contributed by atoms with Crippen molar-refractivity contribution >= 4 is 48.6 Å². The fourth-order valence-corrected chi connectivity index (χ4v) is 7.79. The van der Waals surface area contributed by atoms with E-state index < -0.39 is 25.0 Å². The molecule has 4 rings (SSSR count). The summed E-state index contributed by atoms with van der Waals surface area (Å²) in [6.07, 6.45) is 0. The zero-order valence-corrected chi connectivity index (χ0v) is 27.7. The van der Waals surface area contributed by atoms with Gasteiger partial charge in [-0.25, -0.2) is 26.1 Å². The van der Waals surface area contributed by atoms with Gasteiger partial charge >= 0.3 is 0 Å². The van der Waals surface area contributed by atoms with E-state index in [9.17, 15) is 21.4 Å². The van der Waals surface area contributed by atoms with Crippen molar-refractivity contribution in [3.05, 3.63) is 60.0 Å². The lowest BCUT2D eigenvalue weighted by molar-refractivity contribution is 0.463. The highest BCUT2D eigenvalue weighted by Crippen LogP contribution is 2.43. The van der Waals surface area contributed by atoms with Gasteiger partial charge in [-0.15, -0.1) is 0 Å². The van der Waals surface area contributed by atoms with Crippen LogP contribution in [0, 0.1) is 0 Å². The van der Waals surface area contributed by atoms with Gasteiger partial charge in [-0.1, -0.05) is 13.0 Å². The van der Waals surface area contributed by atoms with Gasteiger partial charge in [-0.2, -0.15) is 11.8 Å². The van der Waals surface area contributed by atoms with Crippen molar-refractivity contribution < 1.29 is 25.8 Å². The van der Waals surface area contributed by atoms with E-state index in [4.69, 9.17) is 4.42 Å². The predicted molar refractivity (Wildman–Crippen MR) is 174 cm³/mol. The van der Waals surface area contributed by atoms with E-state index in [2.05, 4.69) is 41.9 Å². The monoisotopic (exact) mass is 645 g/mol. The van der Waals surface area contributed by atoms with E-state index in [0.29, 0.717) is 33.6 Å². The normalized spacial score (nSPS) is 12.2. The Labute approximate surface area is 258 Å². The first-order valence-corrected chi connectivity index (χ1v) is 18.5. The predicted octanol–water partition coefficient (Wildman–Crippen LogP) is 4.80. The first-order chi connectivity index (χ1) is 20.5. The summed E-state index contributed by atoms with van der Waals surface area (Å²) >= 11 is 1.58. The fourth-order valence-electron chi connectivity index (χ4n) is 5.29. The van der Waals surface area contributed by atoms with Crippen molar-refractivity contribution in [1.82, 2.24) is 9.30 Å². The highest BCUT2D eigenvalue weighted by atomic mass is 32.2. The molecule has 12 heteroatoms. The van der Waals surface area contributed by atoms with E-state index in [1.54, 1.807) is 11.8 Å². The molecule has 1 aliphatic heterocycles. The first kappa shape index (κ1) is 33.0. The molecule has 232 valence electrons. The summed E-state index contributed by atoms with van der Waals surface area (Å²) in [5, 5.41) is 1.55. The molecule has 0 amide bonds. The number of anilines is 1. The van der Waals surface area contributed by atoms with Crippen molar-refractivity contribution in [2.75, 3.05) is 49.1 Å². The van der Waals surface area contributed by atoms with Gasteiger partial charge in [0.1, 0.15) is 34.6 Å². The fraction of sp³-hybridized carbons (Fsp3) is 0.387. The van der Waals surface area contributed by atoms with E-state index in [1.807, 2.05) is 43.3 Å². The number of benzene rings is 3.